The Kier molecular flexibility index (Phi) is 7.18. The molecule has 21 heavy (non-hydrogen) atoms. The quantitative estimate of drug-likeness (QED) is 0.781. The van der Waals surface area contributed by atoms with Crippen molar-refractivity contribution in [1.82, 2.24) is 10.2 Å². The monoisotopic (exact) mass is 302 g/mol. The molecular weight excluding hydrogens is 277 g/mol. The van der Waals surface area contributed by atoms with Crippen LogP contribution < -0.4 is 5.32 Å². The van der Waals surface area contributed by atoms with Gasteiger partial charge in [-0.3, -0.25) is 0 Å². The van der Waals surface area contributed by atoms with Crippen molar-refractivity contribution in [2.45, 2.75) is 44.4 Å². The minimum Gasteiger partial charge on any atom is -0.312 e. The number of alkyl halides is 3. The maximum absolute atomic E-state index is 12.1. The second-order valence-electron chi connectivity index (χ2n) is 5.71. The lowest BCUT2D eigenvalue weighted by Crippen LogP contribution is -2.35. The first-order valence-electron chi connectivity index (χ1n) is 7.31. The van der Waals surface area contributed by atoms with Crippen LogP contribution in [0.15, 0.2) is 30.3 Å². The molecule has 0 saturated carbocycles. The number of likely N-dealkylation sites (N-methyl/N-ethyl adjacent to an activating group) is 1. The van der Waals surface area contributed by atoms with Gasteiger partial charge in [-0.2, -0.15) is 13.2 Å². The van der Waals surface area contributed by atoms with Gasteiger partial charge in [0.2, 0.25) is 0 Å². The zero-order chi connectivity index (χ0) is 15.9. The maximum atomic E-state index is 12.1. The van der Waals surface area contributed by atoms with E-state index >= 15 is 0 Å². The van der Waals surface area contributed by atoms with Gasteiger partial charge in [-0.1, -0.05) is 30.3 Å². The topological polar surface area (TPSA) is 15.3 Å². The zero-order valence-electron chi connectivity index (χ0n) is 13.0. The van der Waals surface area contributed by atoms with Crippen molar-refractivity contribution < 1.29 is 13.2 Å². The van der Waals surface area contributed by atoms with E-state index in [0.717, 1.165) is 6.54 Å². The molecule has 0 amide bonds. The molecule has 1 rings (SSSR count). The van der Waals surface area contributed by atoms with Crippen molar-refractivity contribution in [3.8, 4) is 0 Å². The second-order valence-corrected chi connectivity index (χ2v) is 5.71. The van der Waals surface area contributed by atoms with E-state index in [1.165, 1.54) is 5.56 Å². The van der Waals surface area contributed by atoms with E-state index in [4.69, 9.17) is 0 Å². The molecule has 2 unspecified atom stereocenters. The minimum absolute atomic E-state index is 0.0820. The molecule has 0 spiro atoms. The van der Waals surface area contributed by atoms with Crippen LogP contribution in [0.2, 0.25) is 0 Å². The summed E-state index contributed by atoms with van der Waals surface area (Å²) >= 11 is 0. The van der Waals surface area contributed by atoms with Gasteiger partial charge < -0.3 is 10.2 Å². The first-order valence-corrected chi connectivity index (χ1v) is 7.31. The molecule has 0 aliphatic rings. The number of rotatable bonds is 8. The lowest BCUT2D eigenvalue weighted by atomic mass is 10.0. The second kappa shape index (κ2) is 8.39. The average Bonchev–Trinajstić information content (AvgIpc) is 2.38. The summed E-state index contributed by atoms with van der Waals surface area (Å²) < 4.78 is 36.4. The third kappa shape index (κ3) is 7.48. The van der Waals surface area contributed by atoms with Crippen LogP contribution in [-0.4, -0.2) is 37.8 Å². The normalized spacial score (nSPS) is 15.2. The lowest BCUT2D eigenvalue weighted by Gasteiger charge is -2.27. The van der Waals surface area contributed by atoms with Gasteiger partial charge in [-0.05, 0) is 39.4 Å². The van der Waals surface area contributed by atoms with Gasteiger partial charge in [0.05, 0.1) is 0 Å². The standard InChI is InChI=1S/C16H25F3N2/c1-13(8-7-11-16(17,18)19)20-12-15(21(2)3)14-9-5-4-6-10-14/h4-6,9-10,13,15,20H,7-8,11-12H2,1-3H3. The third-order valence-electron chi connectivity index (χ3n) is 3.56. The SMILES string of the molecule is CC(CCCC(F)(F)F)NCC(c1ccccc1)N(C)C. The fraction of sp³-hybridized carbons (Fsp3) is 0.625. The molecule has 0 saturated heterocycles. The largest absolute Gasteiger partial charge is 0.389 e. The van der Waals surface area contributed by atoms with E-state index in [1.807, 2.05) is 39.2 Å². The molecule has 0 aromatic heterocycles. The van der Waals surface area contributed by atoms with Crippen LogP contribution in [0.5, 0.6) is 0 Å². The Bertz CT molecular complexity index is 390. The number of nitrogens with one attached hydrogen (secondary N) is 1. The highest BCUT2D eigenvalue weighted by Gasteiger charge is 2.26. The summed E-state index contributed by atoms with van der Waals surface area (Å²) in [7, 11) is 4.02. The van der Waals surface area contributed by atoms with Gasteiger partial charge in [0.25, 0.3) is 0 Å². The van der Waals surface area contributed by atoms with Crippen LogP contribution in [0.1, 0.15) is 37.8 Å². The molecule has 2 nitrogen and oxygen atoms in total. The summed E-state index contributed by atoms with van der Waals surface area (Å²) in [5, 5.41) is 3.34. The molecule has 0 bridgehead atoms. The van der Waals surface area contributed by atoms with Gasteiger partial charge in [-0.25, -0.2) is 0 Å². The molecule has 0 aliphatic carbocycles. The number of nitrogens with zero attached hydrogens (tertiary/aromatic N) is 1. The maximum Gasteiger partial charge on any atom is 0.389 e. The van der Waals surface area contributed by atoms with Crippen molar-refractivity contribution in [2.24, 2.45) is 0 Å². The van der Waals surface area contributed by atoms with E-state index in [-0.39, 0.29) is 18.5 Å². The van der Waals surface area contributed by atoms with E-state index in [2.05, 4.69) is 22.3 Å². The molecule has 2 atom stereocenters. The zero-order valence-corrected chi connectivity index (χ0v) is 13.0. The van der Waals surface area contributed by atoms with Crippen LogP contribution in [0.25, 0.3) is 0 Å². The first-order chi connectivity index (χ1) is 9.79. The molecule has 0 heterocycles. The Morgan fingerprint density at radius 2 is 1.76 bits per heavy atom. The van der Waals surface area contributed by atoms with E-state index in [1.54, 1.807) is 0 Å². The van der Waals surface area contributed by atoms with Crippen LogP contribution in [0.4, 0.5) is 13.2 Å². The van der Waals surface area contributed by atoms with Crippen molar-refractivity contribution in [2.75, 3.05) is 20.6 Å². The van der Waals surface area contributed by atoms with Crippen LogP contribution >= 0.6 is 0 Å². The fourth-order valence-corrected chi connectivity index (χ4v) is 2.30. The summed E-state index contributed by atoms with van der Waals surface area (Å²) in [4.78, 5) is 2.12. The van der Waals surface area contributed by atoms with E-state index in [9.17, 15) is 13.2 Å². The Balaban J connectivity index is 2.40. The highest BCUT2D eigenvalue weighted by molar-refractivity contribution is 5.19. The van der Waals surface area contributed by atoms with Gasteiger partial charge in [0, 0.05) is 25.0 Å². The van der Waals surface area contributed by atoms with Crippen LogP contribution in [0, 0.1) is 0 Å². The molecule has 1 N–H and O–H groups in total. The smallest absolute Gasteiger partial charge is 0.312 e. The number of hydrogen-bond acceptors (Lipinski definition) is 2. The fourth-order valence-electron chi connectivity index (χ4n) is 2.30. The highest BCUT2D eigenvalue weighted by atomic mass is 19.4. The predicted molar refractivity (Wildman–Crippen MR) is 80.2 cm³/mol. The third-order valence-corrected chi connectivity index (χ3v) is 3.56. The van der Waals surface area contributed by atoms with Crippen molar-refractivity contribution in [1.29, 1.82) is 0 Å². The van der Waals surface area contributed by atoms with Crippen molar-refractivity contribution >= 4 is 0 Å². The first kappa shape index (κ1) is 18.0. The van der Waals surface area contributed by atoms with E-state index in [0.29, 0.717) is 6.42 Å². The molecule has 0 aliphatic heterocycles. The Morgan fingerprint density at radius 3 is 2.29 bits per heavy atom. The van der Waals surface area contributed by atoms with Gasteiger partial charge in [0.15, 0.2) is 0 Å². The van der Waals surface area contributed by atoms with Crippen LogP contribution in [-0.2, 0) is 0 Å². The van der Waals surface area contributed by atoms with Gasteiger partial charge >= 0.3 is 6.18 Å². The predicted octanol–water partition coefficient (Wildman–Crippen LogP) is 4.00. The summed E-state index contributed by atoms with van der Waals surface area (Å²) in [6.07, 6.45) is -4.03. The molecule has 120 valence electrons. The van der Waals surface area contributed by atoms with Gasteiger partial charge in [-0.15, -0.1) is 0 Å². The molecule has 1 aromatic carbocycles. The Labute approximate surface area is 125 Å². The molecule has 0 fully saturated rings. The lowest BCUT2D eigenvalue weighted by molar-refractivity contribution is -0.135. The van der Waals surface area contributed by atoms with E-state index < -0.39 is 12.6 Å². The molecular formula is C16H25F3N2. The van der Waals surface area contributed by atoms with Crippen molar-refractivity contribution in [3.63, 3.8) is 0 Å². The number of halogens is 3. The van der Waals surface area contributed by atoms with Crippen LogP contribution in [0.3, 0.4) is 0 Å². The Morgan fingerprint density at radius 1 is 1.14 bits per heavy atom. The molecule has 1 aromatic rings. The highest BCUT2D eigenvalue weighted by Crippen LogP contribution is 2.23. The minimum atomic E-state index is -4.05. The summed E-state index contributed by atoms with van der Waals surface area (Å²) in [6, 6.07) is 10.4. The average molecular weight is 302 g/mol. The van der Waals surface area contributed by atoms with Crippen molar-refractivity contribution in [3.05, 3.63) is 35.9 Å². The molecule has 0 radical (unpaired) electrons. The number of hydrogen-bond donors (Lipinski definition) is 1. The van der Waals surface area contributed by atoms with Gasteiger partial charge in [0.1, 0.15) is 0 Å². The molecule has 5 heteroatoms. The number of benzene rings is 1. The Hall–Kier alpha value is -1.07. The summed E-state index contributed by atoms with van der Waals surface area (Å²) in [6.45, 7) is 2.66. The summed E-state index contributed by atoms with van der Waals surface area (Å²) in [5.74, 6) is 0. The summed E-state index contributed by atoms with van der Waals surface area (Å²) in [5.41, 5.74) is 1.21.